The fraction of sp³-hybridized carbons (Fsp3) is 0.636. The third-order valence-electron chi connectivity index (χ3n) is 1.62. The van der Waals surface area contributed by atoms with Gasteiger partial charge in [0.25, 0.3) is 5.95 Å². The Kier molecular flexibility index (Phi) is 7.96. The number of hydrogen-bond donors (Lipinski definition) is 1. The van der Waals surface area contributed by atoms with Crippen LogP contribution in [0.2, 0.25) is 0 Å². The molecular weight excluding hydrogens is 243 g/mol. The van der Waals surface area contributed by atoms with Crippen molar-refractivity contribution in [1.82, 2.24) is 0 Å². The summed E-state index contributed by atoms with van der Waals surface area (Å²) >= 11 is 0. The van der Waals surface area contributed by atoms with Crippen molar-refractivity contribution in [2.24, 2.45) is 0 Å². The summed E-state index contributed by atoms with van der Waals surface area (Å²) in [6.07, 6.45) is 1.37. The van der Waals surface area contributed by atoms with Gasteiger partial charge in [-0.25, -0.2) is 0 Å². The molecule has 0 aromatic carbocycles. The summed E-state index contributed by atoms with van der Waals surface area (Å²) in [6, 6.07) is 0. The maximum absolute atomic E-state index is 12.1. The molecule has 5 nitrogen and oxygen atoms in total. The van der Waals surface area contributed by atoms with E-state index in [0.29, 0.717) is 25.4 Å². The minimum Gasteiger partial charge on any atom is -0.481 e. The number of rotatable bonds is 8. The Hall–Kier alpha value is -0.770. The summed E-state index contributed by atoms with van der Waals surface area (Å²) in [6.45, 7) is 7.87. The summed E-state index contributed by atoms with van der Waals surface area (Å²) in [5, 5.41) is 9.30. The molecule has 17 heavy (non-hydrogen) atoms. The van der Waals surface area contributed by atoms with Crippen LogP contribution in [0.5, 0.6) is 0 Å². The van der Waals surface area contributed by atoms with E-state index in [2.05, 4.69) is 0 Å². The van der Waals surface area contributed by atoms with Crippen LogP contribution in [-0.4, -0.2) is 24.9 Å². The molecule has 100 valence electrons. The Bertz CT molecular complexity index is 312. The second-order valence-electron chi connectivity index (χ2n) is 3.16. The number of aliphatic hydroxyl groups excluding tert-OH is 1. The maximum Gasteiger partial charge on any atom is 0.354 e. The minimum absolute atomic E-state index is 0.221. The molecule has 0 saturated heterocycles. The van der Waals surface area contributed by atoms with Crippen LogP contribution in [0.3, 0.4) is 0 Å². The fourth-order valence-electron chi connectivity index (χ4n) is 1.14. The molecule has 0 aliphatic rings. The van der Waals surface area contributed by atoms with Crippen LogP contribution in [0.15, 0.2) is 23.4 Å². The van der Waals surface area contributed by atoms with E-state index in [9.17, 15) is 9.67 Å². The fourth-order valence-corrected chi connectivity index (χ4v) is 2.66. The molecule has 0 aliphatic heterocycles. The predicted molar refractivity (Wildman–Crippen MR) is 67.0 cm³/mol. The lowest BCUT2D eigenvalue weighted by atomic mass is 10.3. The summed E-state index contributed by atoms with van der Waals surface area (Å²) < 4.78 is 27.1. The molecule has 0 saturated carbocycles. The number of ether oxygens (including phenoxy) is 1. The van der Waals surface area contributed by atoms with Crippen LogP contribution in [0, 0.1) is 0 Å². The third-order valence-corrected chi connectivity index (χ3v) is 3.58. The third kappa shape index (κ3) is 7.21. The van der Waals surface area contributed by atoms with Crippen LogP contribution in [0.25, 0.3) is 0 Å². The molecule has 0 fully saturated rings. The van der Waals surface area contributed by atoms with Gasteiger partial charge in [-0.3, -0.25) is 4.57 Å². The largest absolute Gasteiger partial charge is 0.481 e. The molecule has 0 atom stereocenters. The zero-order chi connectivity index (χ0) is 13.3. The van der Waals surface area contributed by atoms with Gasteiger partial charge in [-0.15, -0.1) is 0 Å². The van der Waals surface area contributed by atoms with Gasteiger partial charge in [-0.1, -0.05) is 0 Å². The number of aliphatic hydroxyl groups is 1. The molecule has 0 radical (unpaired) electrons. The molecule has 0 bridgehead atoms. The Morgan fingerprint density at radius 1 is 1.18 bits per heavy atom. The Morgan fingerprint density at radius 3 is 2.12 bits per heavy atom. The quantitative estimate of drug-likeness (QED) is 0.412. The van der Waals surface area contributed by atoms with Crippen molar-refractivity contribution in [2.75, 3.05) is 19.8 Å². The molecule has 0 aromatic rings. The average Bonchev–Trinajstić information content (AvgIpc) is 2.17. The zero-order valence-corrected chi connectivity index (χ0v) is 11.7. The lowest BCUT2D eigenvalue weighted by Gasteiger charge is -2.13. The van der Waals surface area contributed by atoms with Crippen molar-refractivity contribution in [1.29, 1.82) is 0 Å². The smallest absolute Gasteiger partial charge is 0.354 e. The number of hydrogen-bond acceptors (Lipinski definition) is 5. The first-order valence-electron chi connectivity index (χ1n) is 5.59. The molecule has 0 aromatic heterocycles. The number of allylic oxidation sites excluding steroid dienone is 2. The van der Waals surface area contributed by atoms with Gasteiger partial charge in [0.15, 0.2) is 0 Å². The highest BCUT2D eigenvalue weighted by Crippen LogP contribution is 2.50. The van der Waals surface area contributed by atoms with Crippen LogP contribution in [-0.2, 0) is 18.3 Å². The Balaban J connectivity index is 4.81. The van der Waals surface area contributed by atoms with Crippen LogP contribution >= 0.6 is 7.60 Å². The first-order valence-corrected chi connectivity index (χ1v) is 7.20. The summed E-state index contributed by atoms with van der Waals surface area (Å²) in [5.74, 6) is 1.15. The van der Waals surface area contributed by atoms with Gasteiger partial charge in [0.2, 0.25) is 0 Å². The van der Waals surface area contributed by atoms with Gasteiger partial charge >= 0.3 is 7.60 Å². The molecule has 0 heterocycles. The second kappa shape index (κ2) is 8.34. The van der Waals surface area contributed by atoms with Gasteiger partial charge in [0, 0.05) is 11.9 Å². The van der Waals surface area contributed by atoms with Crippen LogP contribution in [0.4, 0.5) is 0 Å². The normalized spacial score (nSPS) is 13.9. The highest BCUT2D eigenvalue weighted by molar-refractivity contribution is 7.57. The van der Waals surface area contributed by atoms with E-state index < -0.39 is 7.60 Å². The summed E-state index contributed by atoms with van der Waals surface area (Å²) in [5.41, 5.74) is 0.557. The van der Waals surface area contributed by atoms with Gasteiger partial charge in [-0.2, -0.15) is 0 Å². The molecule has 6 heteroatoms. The van der Waals surface area contributed by atoms with Crippen molar-refractivity contribution in [3.8, 4) is 0 Å². The lowest BCUT2D eigenvalue weighted by Crippen LogP contribution is -1.94. The van der Waals surface area contributed by atoms with Crippen LogP contribution < -0.4 is 0 Å². The maximum atomic E-state index is 12.1. The first-order chi connectivity index (χ1) is 7.97. The second-order valence-corrected chi connectivity index (χ2v) is 5.02. The van der Waals surface area contributed by atoms with Crippen molar-refractivity contribution in [3.63, 3.8) is 0 Å². The zero-order valence-electron chi connectivity index (χ0n) is 10.8. The van der Waals surface area contributed by atoms with E-state index in [0.717, 1.165) is 0 Å². The Morgan fingerprint density at radius 2 is 1.71 bits per heavy atom. The van der Waals surface area contributed by atoms with Crippen molar-refractivity contribution in [2.45, 2.75) is 27.7 Å². The highest BCUT2D eigenvalue weighted by Gasteiger charge is 2.19. The van der Waals surface area contributed by atoms with Crippen molar-refractivity contribution < 1.29 is 23.5 Å². The molecule has 0 unspecified atom stereocenters. The van der Waals surface area contributed by atoms with E-state index in [1.807, 2.05) is 0 Å². The molecular formula is C11H21O5P. The van der Waals surface area contributed by atoms with E-state index in [4.69, 9.17) is 13.8 Å². The Labute approximate surface area is 103 Å². The summed E-state index contributed by atoms with van der Waals surface area (Å²) in [4.78, 5) is 0. The average molecular weight is 264 g/mol. The molecule has 1 N–H and O–H groups in total. The summed E-state index contributed by atoms with van der Waals surface area (Å²) in [7, 11) is -3.22. The van der Waals surface area contributed by atoms with Gasteiger partial charge in [-0.05, 0) is 33.3 Å². The van der Waals surface area contributed by atoms with Gasteiger partial charge < -0.3 is 18.9 Å². The minimum atomic E-state index is -3.22. The van der Waals surface area contributed by atoms with Crippen molar-refractivity contribution >= 4 is 7.60 Å². The standard InChI is InChI=1S/C11H21O5P/c1-5-14-11(12)8-10(4)9-17(13,15-6-2)16-7-3/h8-9,12H,5-7H2,1-4H3/b10-9?,11-8+. The first kappa shape index (κ1) is 16.2. The lowest BCUT2D eigenvalue weighted by molar-refractivity contribution is 0.102. The topological polar surface area (TPSA) is 65.0 Å². The van der Waals surface area contributed by atoms with E-state index in [1.165, 1.54) is 11.9 Å². The molecule has 0 spiro atoms. The SMILES string of the molecule is CCO/C(O)=C/C(C)=CP(=O)(OCC)OCC. The highest BCUT2D eigenvalue weighted by atomic mass is 31.2. The molecule has 0 aliphatic carbocycles. The van der Waals surface area contributed by atoms with Crippen molar-refractivity contribution in [3.05, 3.63) is 23.4 Å². The van der Waals surface area contributed by atoms with E-state index >= 15 is 0 Å². The predicted octanol–water partition coefficient (Wildman–Crippen LogP) is 3.59. The van der Waals surface area contributed by atoms with E-state index in [1.54, 1.807) is 27.7 Å². The molecule has 0 amide bonds. The molecule has 0 rings (SSSR count). The van der Waals surface area contributed by atoms with E-state index in [-0.39, 0.29) is 5.95 Å². The van der Waals surface area contributed by atoms with Gasteiger partial charge in [0.05, 0.1) is 19.8 Å². The van der Waals surface area contributed by atoms with Crippen LogP contribution in [0.1, 0.15) is 27.7 Å². The van der Waals surface area contributed by atoms with Gasteiger partial charge in [0.1, 0.15) is 0 Å². The monoisotopic (exact) mass is 264 g/mol.